The minimum atomic E-state index is -0.482. The standard InChI is InChI=1S/C15H27NO3/c1-16-7-2-4-15(17,5-8-16)13-3-9-19-14(11-13)6-10-18-12-14/h13,17H,2-12H2,1H3. The van der Waals surface area contributed by atoms with Crippen molar-refractivity contribution >= 4 is 0 Å². The zero-order valence-corrected chi connectivity index (χ0v) is 12.1. The SMILES string of the molecule is CN1CCCC(O)(C2CCOC3(CCOC3)C2)CC1. The summed E-state index contributed by atoms with van der Waals surface area (Å²) in [7, 11) is 2.15. The molecule has 3 saturated heterocycles. The fraction of sp³-hybridized carbons (Fsp3) is 1.00. The Labute approximate surface area is 116 Å². The minimum Gasteiger partial charge on any atom is -0.390 e. The molecule has 3 heterocycles. The van der Waals surface area contributed by atoms with Gasteiger partial charge in [-0.15, -0.1) is 0 Å². The highest BCUT2D eigenvalue weighted by molar-refractivity contribution is 4.98. The molecule has 4 heteroatoms. The normalized spacial score (nSPS) is 45.5. The Morgan fingerprint density at radius 1 is 1.16 bits per heavy atom. The molecule has 3 fully saturated rings. The molecule has 4 nitrogen and oxygen atoms in total. The van der Waals surface area contributed by atoms with Crippen molar-refractivity contribution in [2.45, 2.75) is 49.7 Å². The number of rotatable bonds is 1. The molecule has 0 radical (unpaired) electrons. The van der Waals surface area contributed by atoms with Crippen molar-refractivity contribution in [1.82, 2.24) is 4.90 Å². The van der Waals surface area contributed by atoms with Crippen LogP contribution in [0.15, 0.2) is 0 Å². The van der Waals surface area contributed by atoms with Crippen LogP contribution in [-0.2, 0) is 9.47 Å². The molecule has 3 rings (SSSR count). The second-order valence-corrected chi connectivity index (χ2v) is 6.78. The molecule has 0 aromatic heterocycles. The van der Waals surface area contributed by atoms with Gasteiger partial charge in [-0.25, -0.2) is 0 Å². The van der Waals surface area contributed by atoms with E-state index in [-0.39, 0.29) is 5.60 Å². The lowest BCUT2D eigenvalue weighted by Crippen LogP contribution is -2.49. The summed E-state index contributed by atoms with van der Waals surface area (Å²) in [4.78, 5) is 2.34. The molecular weight excluding hydrogens is 242 g/mol. The van der Waals surface area contributed by atoms with Gasteiger partial charge in [0.25, 0.3) is 0 Å². The number of hydrogen-bond acceptors (Lipinski definition) is 4. The van der Waals surface area contributed by atoms with E-state index in [4.69, 9.17) is 9.47 Å². The van der Waals surface area contributed by atoms with E-state index >= 15 is 0 Å². The van der Waals surface area contributed by atoms with E-state index < -0.39 is 5.60 Å². The lowest BCUT2D eigenvalue weighted by molar-refractivity contribution is -0.146. The van der Waals surface area contributed by atoms with Crippen molar-refractivity contribution in [2.24, 2.45) is 5.92 Å². The molecule has 0 aromatic carbocycles. The lowest BCUT2D eigenvalue weighted by atomic mass is 9.72. The third-order valence-electron chi connectivity index (χ3n) is 5.40. The van der Waals surface area contributed by atoms with Crippen molar-refractivity contribution in [2.75, 3.05) is 40.0 Å². The first-order valence-electron chi connectivity index (χ1n) is 7.75. The number of hydrogen-bond donors (Lipinski definition) is 1. The highest BCUT2D eigenvalue weighted by Gasteiger charge is 2.47. The van der Waals surface area contributed by atoms with Crippen LogP contribution in [0.5, 0.6) is 0 Å². The maximum Gasteiger partial charge on any atom is 0.0940 e. The van der Waals surface area contributed by atoms with Crippen LogP contribution >= 0.6 is 0 Å². The third-order valence-corrected chi connectivity index (χ3v) is 5.40. The van der Waals surface area contributed by atoms with Gasteiger partial charge in [0.05, 0.1) is 17.8 Å². The van der Waals surface area contributed by atoms with Crippen LogP contribution in [0.3, 0.4) is 0 Å². The number of ether oxygens (including phenoxy) is 2. The van der Waals surface area contributed by atoms with Gasteiger partial charge in [0.1, 0.15) is 0 Å². The monoisotopic (exact) mass is 269 g/mol. The highest BCUT2D eigenvalue weighted by Crippen LogP contribution is 2.43. The molecule has 3 atom stereocenters. The van der Waals surface area contributed by atoms with Gasteiger partial charge in [-0.05, 0) is 51.6 Å². The fourth-order valence-electron chi connectivity index (χ4n) is 4.03. The van der Waals surface area contributed by atoms with Crippen LogP contribution in [0.1, 0.15) is 38.5 Å². The highest BCUT2D eigenvalue weighted by atomic mass is 16.6. The van der Waals surface area contributed by atoms with Crippen molar-refractivity contribution in [1.29, 1.82) is 0 Å². The smallest absolute Gasteiger partial charge is 0.0940 e. The molecule has 0 saturated carbocycles. The minimum absolute atomic E-state index is 0.0865. The summed E-state index contributed by atoms with van der Waals surface area (Å²) in [5.41, 5.74) is -0.568. The van der Waals surface area contributed by atoms with E-state index in [0.29, 0.717) is 5.92 Å². The molecule has 1 spiro atoms. The van der Waals surface area contributed by atoms with Gasteiger partial charge >= 0.3 is 0 Å². The molecule has 3 aliphatic heterocycles. The maximum atomic E-state index is 11.1. The van der Waals surface area contributed by atoms with Gasteiger partial charge in [-0.2, -0.15) is 0 Å². The van der Waals surface area contributed by atoms with Gasteiger partial charge in [0.15, 0.2) is 0 Å². The lowest BCUT2D eigenvalue weighted by Gasteiger charge is -2.44. The van der Waals surface area contributed by atoms with Crippen LogP contribution < -0.4 is 0 Å². The fourth-order valence-corrected chi connectivity index (χ4v) is 4.03. The van der Waals surface area contributed by atoms with Gasteiger partial charge < -0.3 is 19.5 Å². The average molecular weight is 269 g/mol. The van der Waals surface area contributed by atoms with Gasteiger partial charge in [-0.3, -0.25) is 0 Å². The van der Waals surface area contributed by atoms with E-state index in [0.717, 1.165) is 71.4 Å². The Balaban J connectivity index is 1.69. The quantitative estimate of drug-likeness (QED) is 0.782. The predicted octanol–water partition coefficient (Wildman–Crippen LogP) is 1.42. The largest absolute Gasteiger partial charge is 0.390 e. The molecule has 0 amide bonds. The van der Waals surface area contributed by atoms with Crippen molar-refractivity contribution in [3.05, 3.63) is 0 Å². The molecule has 0 aromatic rings. The Hall–Kier alpha value is -0.160. The van der Waals surface area contributed by atoms with Gasteiger partial charge in [0, 0.05) is 26.2 Å². The number of likely N-dealkylation sites (tertiary alicyclic amines) is 1. The average Bonchev–Trinajstić information content (AvgIpc) is 2.76. The van der Waals surface area contributed by atoms with Crippen molar-refractivity contribution in [3.63, 3.8) is 0 Å². The first-order chi connectivity index (χ1) is 9.12. The first-order valence-corrected chi connectivity index (χ1v) is 7.75. The molecule has 0 aliphatic carbocycles. The molecule has 0 bridgehead atoms. The van der Waals surface area contributed by atoms with Crippen LogP contribution in [-0.4, -0.2) is 61.2 Å². The van der Waals surface area contributed by atoms with Crippen molar-refractivity contribution in [3.8, 4) is 0 Å². The third kappa shape index (κ3) is 2.82. The Bertz CT molecular complexity index is 317. The maximum absolute atomic E-state index is 11.1. The molecule has 19 heavy (non-hydrogen) atoms. The first kappa shape index (κ1) is 13.8. The topological polar surface area (TPSA) is 41.9 Å². The summed E-state index contributed by atoms with van der Waals surface area (Å²) in [6.07, 6.45) is 5.94. The number of nitrogens with zero attached hydrogens (tertiary/aromatic N) is 1. The summed E-state index contributed by atoms with van der Waals surface area (Å²) in [6, 6.07) is 0. The van der Waals surface area contributed by atoms with E-state index in [1.54, 1.807) is 0 Å². The predicted molar refractivity (Wildman–Crippen MR) is 73.1 cm³/mol. The summed E-state index contributed by atoms with van der Waals surface area (Å²) in [5.74, 6) is 0.384. The van der Waals surface area contributed by atoms with Crippen molar-refractivity contribution < 1.29 is 14.6 Å². The Morgan fingerprint density at radius 3 is 2.84 bits per heavy atom. The van der Waals surface area contributed by atoms with Gasteiger partial charge in [0.2, 0.25) is 0 Å². The second kappa shape index (κ2) is 5.32. The summed E-state index contributed by atoms with van der Waals surface area (Å²) < 4.78 is 11.5. The molecule has 3 unspecified atom stereocenters. The zero-order valence-electron chi connectivity index (χ0n) is 12.1. The van der Waals surface area contributed by atoms with E-state index in [1.807, 2.05) is 0 Å². The van der Waals surface area contributed by atoms with Crippen LogP contribution in [0.4, 0.5) is 0 Å². The number of aliphatic hydroxyl groups is 1. The van der Waals surface area contributed by atoms with Crippen LogP contribution in [0.25, 0.3) is 0 Å². The molecule has 1 N–H and O–H groups in total. The van der Waals surface area contributed by atoms with E-state index in [2.05, 4.69) is 11.9 Å². The van der Waals surface area contributed by atoms with E-state index in [9.17, 15) is 5.11 Å². The van der Waals surface area contributed by atoms with Gasteiger partial charge in [-0.1, -0.05) is 0 Å². The Morgan fingerprint density at radius 2 is 2.05 bits per heavy atom. The summed E-state index contributed by atoms with van der Waals surface area (Å²) in [5, 5.41) is 11.1. The van der Waals surface area contributed by atoms with Crippen LogP contribution in [0, 0.1) is 5.92 Å². The summed E-state index contributed by atoms with van der Waals surface area (Å²) >= 11 is 0. The zero-order chi connectivity index (χ0) is 13.3. The molecular formula is C15H27NO3. The Kier molecular flexibility index (Phi) is 3.87. The summed E-state index contributed by atoms with van der Waals surface area (Å²) in [6.45, 7) is 4.44. The van der Waals surface area contributed by atoms with Crippen LogP contribution in [0.2, 0.25) is 0 Å². The molecule has 110 valence electrons. The second-order valence-electron chi connectivity index (χ2n) is 6.78. The molecule has 3 aliphatic rings. The van der Waals surface area contributed by atoms with E-state index in [1.165, 1.54) is 0 Å².